The predicted molar refractivity (Wildman–Crippen MR) is 78.0 cm³/mol. The highest BCUT2D eigenvalue weighted by atomic mass is 79.9. The lowest BCUT2D eigenvalue weighted by atomic mass is 10.1. The molecule has 0 aliphatic carbocycles. The standard InChI is InChI=1S/C15H16BrNO/c1-10-5-11(2)7-14(6-10)18-15-8-13(16)4-3-12(15)9-17/h3-8H,9,17H2,1-2H3. The van der Waals surface area contributed by atoms with E-state index in [9.17, 15) is 0 Å². The molecule has 0 spiro atoms. The lowest BCUT2D eigenvalue weighted by molar-refractivity contribution is 0.475. The second-order valence-corrected chi connectivity index (χ2v) is 5.30. The molecule has 0 fully saturated rings. The highest BCUT2D eigenvalue weighted by molar-refractivity contribution is 9.10. The maximum atomic E-state index is 5.93. The van der Waals surface area contributed by atoms with Crippen molar-refractivity contribution in [3.05, 3.63) is 57.6 Å². The van der Waals surface area contributed by atoms with Gasteiger partial charge in [0.05, 0.1) is 0 Å². The van der Waals surface area contributed by atoms with Gasteiger partial charge in [-0.25, -0.2) is 0 Å². The van der Waals surface area contributed by atoms with Gasteiger partial charge in [-0.2, -0.15) is 0 Å². The molecule has 0 bridgehead atoms. The Labute approximate surface area is 116 Å². The molecular weight excluding hydrogens is 290 g/mol. The number of ether oxygens (including phenoxy) is 1. The second-order valence-electron chi connectivity index (χ2n) is 4.38. The highest BCUT2D eigenvalue weighted by Crippen LogP contribution is 2.29. The summed E-state index contributed by atoms with van der Waals surface area (Å²) in [7, 11) is 0. The fraction of sp³-hybridized carbons (Fsp3) is 0.200. The van der Waals surface area contributed by atoms with Crippen molar-refractivity contribution < 1.29 is 4.74 Å². The Morgan fingerprint density at radius 2 is 1.72 bits per heavy atom. The average Bonchev–Trinajstić information content (AvgIpc) is 2.27. The molecule has 0 aliphatic heterocycles. The van der Waals surface area contributed by atoms with Gasteiger partial charge in [0.2, 0.25) is 0 Å². The third-order valence-corrected chi connectivity index (χ3v) is 3.17. The summed E-state index contributed by atoms with van der Waals surface area (Å²) in [6, 6.07) is 12.1. The van der Waals surface area contributed by atoms with Gasteiger partial charge in [0, 0.05) is 16.6 Å². The summed E-state index contributed by atoms with van der Waals surface area (Å²) in [5.74, 6) is 1.65. The van der Waals surface area contributed by atoms with E-state index in [-0.39, 0.29) is 0 Å². The largest absolute Gasteiger partial charge is 0.457 e. The normalized spacial score (nSPS) is 10.4. The van der Waals surface area contributed by atoms with E-state index in [1.54, 1.807) is 0 Å². The first-order valence-corrected chi connectivity index (χ1v) is 6.62. The molecule has 0 aliphatic rings. The van der Waals surface area contributed by atoms with E-state index in [0.717, 1.165) is 21.5 Å². The first-order chi connectivity index (χ1) is 8.58. The summed E-state index contributed by atoms with van der Waals surface area (Å²) in [5.41, 5.74) is 9.09. The van der Waals surface area contributed by atoms with Gasteiger partial charge in [-0.05, 0) is 49.2 Å². The molecule has 94 valence electrons. The Balaban J connectivity index is 2.35. The molecule has 0 atom stereocenters. The van der Waals surface area contributed by atoms with E-state index >= 15 is 0 Å². The average molecular weight is 306 g/mol. The summed E-state index contributed by atoms with van der Waals surface area (Å²) in [6.07, 6.45) is 0. The zero-order valence-corrected chi connectivity index (χ0v) is 12.1. The van der Waals surface area contributed by atoms with Crippen molar-refractivity contribution in [3.63, 3.8) is 0 Å². The summed E-state index contributed by atoms with van der Waals surface area (Å²) in [5, 5.41) is 0. The van der Waals surface area contributed by atoms with Crippen LogP contribution in [-0.2, 0) is 6.54 Å². The summed E-state index contributed by atoms with van der Waals surface area (Å²) >= 11 is 3.45. The van der Waals surface area contributed by atoms with E-state index in [1.807, 2.05) is 30.3 Å². The van der Waals surface area contributed by atoms with Gasteiger partial charge in [-0.15, -0.1) is 0 Å². The topological polar surface area (TPSA) is 35.2 Å². The summed E-state index contributed by atoms with van der Waals surface area (Å²) in [6.45, 7) is 4.59. The molecule has 0 saturated carbocycles. The van der Waals surface area contributed by atoms with Crippen molar-refractivity contribution in [1.29, 1.82) is 0 Å². The van der Waals surface area contributed by atoms with E-state index in [1.165, 1.54) is 11.1 Å². The molecular formula is C15H16BrNO. The number of hydrogen-bond acceptors (Lipinski definition) is 2. The van der Waals surface area contributed by atoms with Crippen LogP contribution in [0, 0.1) is 13.8 Å². The Kier molecular flexibility index (Phi) is 4.04. The number of aryl methyl sites for hydroxylation is 2. The number of nitrogens with two attached hydrogens (primary N) is 1. The van der Waals surface area contributed by atoms with E-state index in [0.29, 0.717) is 6.54 Å². The van der Waals surface area contributed by atoms with Crippen molar-refractivity contribution in [1.82, 2.24) is 0 Å². The van der Waals surface area contributed by atoms with Crippen molar-refractivity contribution >= 4 is 15.9 Å². The van der Waals surface area contributed by atoms with Crippen LogP contribution in [0.3, 0.4) is 0 Å². The fourth-order valence-electron chi connectivity index (χ4n) is 1.91. The van der Waals surface area contributed by atoms with Crippen molar-refractivity contribution in [2.45, 2.75) is 20.4 Å². The zero-order chi connectivity index (χ0) is 13.1. The van der Waals surface area contributed by atoms with Crippen LogP contribution in [0.2, 0.25) is 0 Å². The maximum Gasteiger partial charge on any atom is 0.133 e. The molecule has 0 aromatic heterocycles. The number of halogens is 1. The Morgan fingerprint density at radius 3 is 2.33 bits per heavy atom. The van der Waals surface area contributed by atoms with Crippen LogP contribution in [0.15, 0.2) is 40.9 Å². The van der Waals surface area contributed by atoms with Gasteiger partial charge < -0.3 is 10.5 Å². The van der Waals surface area contributed by atoms with Gasteiger partial charge in [0.25, 0.3) is 0 Å². The molecule has 18 heavy (non-hydrogen) atoms. The SMILES string of the molecule is Cc1cc(C)cc(Oc2cc(Br)ccc2CN)c1. The predicted octanol–water partition coefficient (Wildman–Crippen LogP) is 4.32. The minimum atomic E-state index is 0.466. The van der Waals surface area contributed by atoms with Gasteiger partial charge in [0.15, 0.2) is 0 Å². The summed E-state index contributed by atoms with van der Waals surface area (Å²) in [4.78, 5) is 0. The highest BCUT2D eigenvalue weighted by Gasteiger charge is 2.05. The van der Waals surface area contributed by atoms with E-state index in [2.05, 4.69) is 35.8 Å². The van der Waals surface area contributed by atoms with E-state index in [4.69, 9.17) is 10.5 Å². The molecule has 2 aromatic carbocycles. The molecule has 0 heterocycles. The number of benzene rings is 2. The number of hydrogen-bond donors (Lipinski definition) is 1. The minimum absolute atomic E-state index is 0.466. The number of rotatable bonds is 3. The van der Waals surface area contributed by atoms with Crippen LogP contribution in [0.4, 0.5) is 0 Å². The van der Waals surface area contributed by atoms with Crippen LogP contribution in [0.1, 0.15) is 16.7 Å². The van der Waals surface area contributed by atoms with Crippen LogP contribution in [0.25, 0.3) is 0 Å². The smallest absolute Gasteiger partial charge is 0.133 e. The third kappa shape index (κ3) is 3.12. The van der Waals surface area contributed by atoms with Gasteiger partial charge in [-0.3, -0.25) is 0 Å². The molecule has 0 radical (unpaired) electrons. The van der Waals surface area contributed by atoms with Crippen molar-refractivity contribution in [3.8, 4) is 11.5 Å². The molecule has 0 saturated heterocycles. The maximum absolute atomic E-state index is 5.93. The van der Waals surface area contributed by atoms with Crippen molar-refractivity contribution in [2.24, 2.45) is 5.73 Å². The quantitative estimate of drug-likeness (QED) is 0.916. The Bertz CT molecular complexity index is 546. The second kappa shape index (κ2) is 5.55. The fourth-order valence-corrected chi connectivity index (χ4v) is 2.25. The van der Waals surface area contributed by atoms with E-state index < -0.39 is 0 Å². The molecule has 0 unspecified atom stereocenters. The molecule has 2 aromatic rings. The van der Waals surface area contributed by atoms with Crippen molar-refractivity contribution in [2.75, 3.05) is 0 Å². The van der Waals surface area contributed by atoms with Gasteiger partial charge in [0.1, 0.15) is 11.5 Å². The Morgan fingerprint density at radius 1 is 1.06 bits per heavy atom. The molecule has 3 heteroatoms. The van der Waals surface area contributed by atoms with Crippen LogP contribution in [0.5, 0.6) is 11.5 Å². The lowest BCUT2D eigenvalue weighted by Gasteiger charge is -2.11. The molecule has 2 nitrogen and oxygen atoms in total. The Hall–Kier alpha value is -1.32. The van der Waals surface area contributed by atoms with Crippen LogP contribution < -0.4 is 10.5 Å². The molecule has 2 N–H and O–H groups in total. The van der Waals surface area contributed by atoms with Gasteiger partial charge >= 0.3 is 0 Å². The zero-order valence-electron chi connectivity index (χ0n) is 10.5. The summed E-state index contributed by atoms with van der Waals surface area (Å²) < 4.78 is 6.92. The minimum Gasteiger partial charge on any atom is -0.457 e. The first-order valence-electron chi connectivity index (χ1n) is 5.83. The molecule has 0 amide bonds. The first kappa shape index (κ1) is 13.1. The van der Waals surface area contributed by atoms with Crippen LogP contribution in [-0.4, -0.2) is 0 Å². The molecule has 2 rings (SSSR count). The lowest BCUT2D eigenvalue weighted by Crippen LogP contribution is -1.99. The van der Waals surface area contributed by atoms with Crippen LogP contribution >= 0.6 is 15.9 Å². The third-order valence-electron chi connectivity index (χ3n) is 2.67. The monoisotopic (exact) mass is 305 g/mol. The van der Waals surface area contributed by atoms with Gasteiger partial charge in [-0.1, -0.05) is 28.1 Å².